The maximum atomic E-state index is 5.64. The molecule has 0 bridgehead atoms. The van der Waals surface area contributed by atoms with Gasteiger partial charge in [0, 0.05) is 33.4 Å². The van der Waals surface area contributed by atoms with Gasteiger partial charge in [-0.1, -0.05) is 106 Å². The molecule has 9 heteroatoms. The molecule has 0 aliphatic rings. The first-order valence-electron chi connectivity index (χ1n) is 12.1. The lowest BCUT2D eigenvalue weighted by Crippen LogP contribution is -1.88. The summed E-state index contributed by atoms with van der Waals surface area (Å²) in [7, 11) is 0. The normalized spacial score (nSPS) is 11.1. The minimum absolute atomic E-state index is 0.322. The van der Waals surface area contributed by atoms with Crippen molar-refractivity contribution in [3.05, 3.63) is 109 Å². The maximum absolute atomic E-state index is 5.64. The van der Waals surface area contributed by atoms with Crippen molar-refractivity contribution in [3.8, 4) is 68.5 Å². The molecule has 3 heterocycles. The Bertz CT molecular complexity index is 1630. The molecule has 3 aromatic heterocycles. The highest BCUT2D eigenvalue weighted by atomic mass is 16.5. The van der Waals surface area contributed by atoms with Crippen molar-refractivity contribution in [1.29, 1.82) is 0 Å². The van der Waals surface area contributed by atoms with Crippen molar-refractivity contribution < 1.29 is 13.6 Å². The third-order valence-corrected chi connectivity index (χ3v) is 6.05. The molecule has 7 aromatic rings. The van der Waals surface area contributed by atoms with Crippen LogP contribution in [0.25, 0.3) is 68.5 Å². The second kappa shape index (κ2) is 9.64. The van der Waals surface area contributed by atoms with Crippen LogP contribution in [0.1, 0.15) is 0 Å². The quantitative estimate of drug-likeness (QED) is 0.237. The Morgan fingerprint density at radius 2 is 0.615 bits per heavy atom. The van der Waals surface area contributed by atoms with Gasteiger partial charge in [-0.2, -0.15) is 15.0 Å². The standard InChI is InChI=1S/C30H18N6O3/c1-4-10-19(11-5-1)25-31-28(37-34-25)22-16-23(29-32-26(35-38-29)20-12-6-2-7-13-20)18-24(17-22)30-33-27(36-39-30)21-14-8-3-9-15-21/h1-18H. The van der Waals surface area contributed by atoms with Crippen LogP contribution in [0.2, 0.25) is 0 Å². The summed E-state index contributed by atoms with van der Waals surface area (Å²) in [4.78, 5) is 13.8. The molecule has 0 atom stereocenters. The maximum Gasteiger partial charge on any atom is 0.258 e. The van der Waals surface area contributed by atoms with Gasteiger partial charge in [-0.3, -0.25) is 0 Å². The molecule has 0 fully saturated rings. The summed E-state index contributed by atoms with van der Waals surface area (Å²) in [6.07, 6.45) is 0. The first kappa shape index (κ1) is 22.5. The largest absolute Gasteiger partial charge is 0.334 e. The molecule has 7 rings (SSSR count). The highest BCUT2D eigenvalue weighted by Crippen LogP contribution is 2.33. The molecule has 0 spiro atoms. The fourth-order valence-corrected chi connectivity index (χ4v) is 4.13. The fourth-order valence-electron chi connectivity index (χ4n) is 4.13. The summed E-state index contributed by atoms with van der Waals surface area (Å²) in [5.74, 6) is 2.40. The molecule has 0 saturated carbocycles. The number of hydrogen-bond acceptors (Lipinski definition) is 9. The van der Waals surface area contributed by atoms with E-state index in [1.54, 1.807) is 0 Å². The van der Waals surface area contributed by atoms with Gasteiger partial charge in [-0.15, -0.1) is 0 Å². The van der Waals surface area contributed by atoms with Gasteiger partial charge >= 0.3 is 0 Å². The molecule has 4 aromatic carbocycles. The molecular weight excluding hydrogens is 492 g/mol. The van der Waals surface area contributed by atoms with Crippen LogP contribution in [0, 0.1) is 0 Å². The van der Waals surface area contributed by atoms with Crippen molar-refractivity contribution in [1.82, 2.24) is 30.4 Å². The lowest BCUT2D eigenvalue weighted by molar-refractivity contribution is 0.429. The van der Waals surface area contributed by atoms with Gasteiger partial charge in [0.25, 0.3) is 17.7 Å². The molecule has 0 saturated heterocycles. The van der Waals surface area contributed by atoms with E-state index in [4.69, 9.17) is 13.6 Å². The van der Waals surface area contributed by atoms with Gasteiger partial charge in [0.05, 0.1) is 0 Å². The molecule has 0 amide bonds. The Hall–Kier alpha value is -5.70. The Balaban J connectivity index is 1.33. The van der Waals surface area contributed by atoms with Crippen molar-refractivity contribution in [2.24, 2.45) is 0 Å². The van der Waals surface area contributed by atoms with Crippen molar-refractivity contribution >= 4 is 0 Å². The Morgan fingerprint density at radius 1 is 0.333 bits per heavy atom. The summed E-state index contributed by atoms with van der Waals surface area (Å²) < 4.78 is 16.9. The fraction of sp³-hybridized carbons (Fsp3) is 0. The van der Waals surface area contributed by atoms with Crippen molar-refractivity contribution in [2.75, 3.05) is 0 Å². The molecule has 0 unspecified atom stereocenters. The summed E-state index contributed by atoms with van der Waals surface area (Å²) in [5, 5.41) is 12.5. The summed E-state index contributed by atoms with van der Waals surface area (Å²) in [5.41, 5.74) is 4.44. The minimum Gasteiger partial charge on any atom is -0.334 e. The van der Waals surface area contributed by atoms with E-state index in [-0.39, 0.29) is 0 Å². The lowest BCUT2D eigenvalue weighted by atomic mass is 10.0. The highest BCUT2D eigenvalue weighted by molar-refractivity contribution is 5.75. The van der Waals surface area contributed by atoms with Crippen LogP contribution in [0.4, 0.5) is 0 Å². The van der Waals surface area contributed by atoms with Gasteiger partial charge in [-0.05, 0) is 18.2 Å². The monoisotopic (exact) mass is 510 g/mol. The molecule has 0 N–H and O–H groups in total. The van der Waals surface area contributed by atoms with Crippen LogP contribution in [0.15, 0.2) is 123 Å². The molecular formula is C30H18N6O3. The van der Waals surface area contributed by atoms with E-state index in [1.165, 1.54) is 0 Å². The molecule has 9 nitrogen and oxygen atoms in total. The predicted octanol–water partition coefficient (Wildman–Crippen LogP) is 6.84. The topological polar surface area (TPSA) is 117 Å². The van der Waals surface area contributed by atoms with E-state index in [9.17, 15) is 0 Å². The molecule has 0 aliphatic heterocycles. The van der Waals surface area contributed by atoms with E-state index in [0.29, 0.717) is 51.8 Å². The third-order valence-electron chi connectivity index (χ3n) is 6.05. The average molecular weight is 511 g/mol. The smallest absolute Gasteiger partial charge is 0.258 e. The van der Waals surface area contributed by atoms with Crippen LogP contribution in [-0.4, -0.2) is 30.4 Å². The average Bonchev–Trinajstić information content (AvgIpc) is 3.80. The van der Waals surface area contributed by atoms with Crippen LogP contribution >= 0.6 is 0 Å². The van der Waals surface area contributed by atoms with Gasteiger partial charge in [0.2, 0.25) is 17.5 Å². The van der Waals surface area contributed by atoms with Gasteiger partial charge < -0.3 is 13.6 Å². The van der Waals surface area contributed by atoms with E-state index in [2.05, 4.69) is 30.4 Å². The minimum atomic E-state index is 0.322. The summed E-state index contributed by atoms with van der Waals surface area (Å²) in [6, 6.07) is 34.4. The first-order chi connectivity index (χ1) is 19.3. The second-order valence-electron chi connectivity index (χ2n) is 8.67. The number of aromatic nitrogens is 6. The van der Waals surface area contributed by atoms with Crippen LogP contribution < -0.4 is 0 Å². The zero-order valence-electron chi connectivity index (χ0n) is 20.3. The van der Waals surface area contributed by atoms with Crippen molar-refractivity contribution in [3.63, 3.8) is 0 Å². The number of benzene rings is 4. The van der Waals surface area contributed by atoms with E-state index in [1.807, 2.05) is 109 Å². The summed E-state index contributed by atoms with van der Waals surface area (Å²) in [6.45, 7) is 0. The zero-order chi connectivity index (χ0) is 26.0. The van der Waals surface area contributed by atoms with Crippen LogP contribution in [0.5, 0.6) is 0 Å². The van der Waals surface area contributed by atoms with Gasteiger partial charge in [0.15, 0.2) is 0 Å². The van der Waals surface area contributed by atoms with Crippen molar-refractivity contribution in [2.45, 2.75) is 0 Å². The lowest BCUT2D eigenvalue weighted by Gasteiger charge is -2.02. The SMILES string of the molecule is c1ccc(-c2noc(-c3cc(-c4nc(-c5ccccc5)no4)cc(-c4nc(-c5ccccc5)no4)c3)n2)cc1. The van der Waals surface area contributed by atoms with Gasteiger partial charge in [0.1, 0.15) is 0 Å². The zero-order valence-corrected chi connectivity index (χ0v) is 20.3. The number of rotatable bonds is 6. The molecule has 39 heavy (non-hydrogen) atoms. The van der Waals surface area contributed by atoms with E-state index in [0.717, 1.165) is 16.7 Å². The number of hydrogen-bond donors (Lipinski definition) is 0. The Labute approximate surface area is 221 Å². The first-order valence-corrected chi connectivity index (χ1v) is 12.1. The summed E-state index contributed by atoms with van der Waals surface area (Å²) >= 11 is 0. The van der Waals surface area contributed by atoms with Crippen LogP contribution in [0.3, 0.4) is 0 Å². The second-order valence-corrected chi connectivity index (χ2v) is 8.67. The number of nitrogens with zero attached hydrogens (tertiary/aromatic N) is 6. The third kappa shape index (κ3) is 4.49. The Morgan fingerprint density at radius 3 is 0.897 bits per heavy atom. The Kier molecular flexibility index (Phi) is 5.56. The molecule has 0 radical (unpaired) electrons. The van der Waals surface area contributed by atoms with E-state index < -0.39 is 0 Å². The predicted molar refractivity (Wildman–Crippen MR) is 143 cm³/mol. The van der Waals surface area contributed by atoms with E-state index >= 15 is 0 Å². The molecule has 186 valence electrons. The van der Waals surface area contributed by atoms with Gasteiger partial charge in [-0.25, -0.2) is 0 Å². The van der Waals surface area contributed by atoms with Crippen LogP contribution in [-0.2, 0) is 0 Å². The highest BCUT2D eigenvalue weighted by Gasteiger charge is 2.19. The molecule has 0 aliphatic carbocycles.